The highest BCUT2D eigenvalue weighted by molar-refractivity contribution is 5.78. The van der Waals surface area contributed by atoms with Crippen LogP contribution < -0.4 is 5.73 Å². The third-order valence-corrected chi connectivity index (χ3v) is 5.85. The fourth-order valence-corrected chi connectivity index (χ4v) is 3.65. The molecule has 150 valence electrons. The molecule has 28 heavy (non-hydrogen) atoms. The number of alkyl halides is 3. The predicted octanol–water partition coefficient (Wildman–Crippen LogP) is 2.29. The number of nitrogens with two attached hydrogens (primary N) is 1. The van der Waals surface area contributed by atoms with E-state index < -0.39 is 24.0 Å². The average Bonchev–Trinajstić information content (AvgIpc) is 3.10. The van der Waals surface area contributed by atoms with Gasteiger partial charge < -0.3 is 15.2 Å². The second-order valence-electron chi connectivity index (χ2n) is 7.69. The van der Waals surface area contributed by atoms with Gasteiger partial charge in [-0.1, -0.05) is 5.16 Å². The Morgan fingerprint density at radius 2 is 1.96 bits per heavy atom. The van der Waals surface area contributed by atoms with Crippen molar-refractivity contribution < 1.29 is 22.5 Å². The standard InChI is InChI=1S/C18H20F3N5O2/c19-18(20,21)17(15-24-14(25-28-15)12-1-6-23-7-2-12)5-8-26(11-17)13(27)9-16(10-22)3-4-16/h1-2,6-7H,3-5,8-11,22H2. The predicted molar refractivity (Wildman–Crippen MR) is 91.8 cm³/mol. The van der Waals surface area contributed by atoms with E-state index in [0.717, 1.165) is 12.8 Å². The molecule has 1 amide bonds. The van der Waals surface area contributed by atoms with Crippen molar-refractivity contribution in [3.63, 3.8) is 0 Å². The summed E-state index contributed by atoms with van der Waals surface area (Å²) in [5.41, 5.74) is 3.61. The van der Waals surface area contributed by atoms with Crippen molar-refractivity contribution in [2.75, 3.05) is 19.6 Å². The second kappa shape index (κ2) is 6.54. The summed E-state index contributed by atoms with van der Waals surface area (Å²) in [7, 11) is 0. The van der Waals surface area contributed by atoms with Crippen LogP contribution in [0.2, 0.25) is 0 Å². The fourth-order valence-electron chi connectivity index (χ4n) is 3.65. The Morgan fingerprint density at radius 1 is 1.25 bits per heavy atom. The molecule has 0 spiro atoms. The van der Waals surface area contributed by atoms with Crippen LogP contribution in [-0.4, -0.2) is 51.7 Å². The Morgan fingerprint density at radius 3 is 2.57 bits per heavy atom. The zero-order valence-corrected chi connectivity index (χ0v) is 15.1. The van der Waals surface area contributed by atoms with Gasteiger partial charge >= 0.3 is 6.18 Å². The highest BCUT2D eigenvalue weighted by Crippen LogP contribution is 2.50. The summed E-state index contributed by atoms with van der Waals surface area (Å²) in [6.45, 7) is -0.157. The van der Waals surface area contributed by atoms with E-state index in [0.29, 0.717) is 12.1 Å². The number of halogens is 3. The normalized spacial score (nSPS) is 23.8. The molecule has 2 N–H and O–H groups in total. The maximum atomic E-state index is 14.1. The number of amides is 1. The number of hydrogen-bond acceptors (Lipinski definition) is 6. The van der Waals surface area contributed by atoms with Crippen molar-refractivity contribution >= 4 is 5.91 Å². The summed E-state index contributed by atoms with van der Waals surface area (Å²) < 4.78 is 47.2. The molecule has 7 nitrogen and oxygen atoms in total. The molecule has 2 aromatic heterocycles. The number of rotatable bonds is 5. The van der Waals surface area contributed by atoms with E-state index in [1.807, 2.05) is 0 Å². The van der Waals surface area contributed by atoms with Gasteiger partial charge in [-0.3, -0.25) is 9.78 Å². The van der Waals surface area contributed by atoms with Gasteiger partial charge in [0.15, 0.2) is 5.41 Å². The molecule has 1 atom stereocenters. The molecular weight excluding hydrogens is 375 g/mol. The number of pyridine rings is 1. The van der Waals surface area contributed by atoms with Gasteiger partial charge in [-0.2, -0.15) is 18.2 Å². The summed E-state index contributed by atoms with van der Waals surface area (Å²) in [5, 5.41) is 3.71. The third-order valence-electron chi connectivity index (χ3n) is 5.85. The zero-order chi connectivity index (χ0) is 20.0. The van der Waals surface area contributed by atoms with Crippen molar-refractivity contribution in [2.45, 2.75) is 37.3 Å². The Hall–Kier alpha value is -2.49. The van der Waals surface area contributed by atoms with E-state index in [2.05, 4.69) is 15.1 Å². The molecule has 4 rings (SSSR count). The third kappa shape index (κ3) is 3.15. The molecule has 1 aliphatic heterocycles. The highest BCUT2D eigenvalue weighted by Gasteiger charge is 2.63. The first-order valence-electron chi connectivity index (χ1n) is 9.08. The first-order valence-corrected chi connectivity index (χ1v) is 9.08. The van der Waals surface area contributed by atoms with Gasteiger partial charge in [-0.25, -0.2) is 0 Å². The van der Waals surface area contributed by atoms with Gasteiger partial charge in [-0.05, 0) is 43.4 Å². The summed E-state index contributed by atoms with van der Waals surface area (Å²) in [4.78, 5) is 21.7. The number of likely N-dealkylation sites (tertiary alicyclic amines) is 1. The molecular formula is C18H20F3N5O2. The van der Waals surface area contributed by atoms with Crippen LogP contribution in [0.5, 0.6) is 0 Å². The quantitative estimate of drug-likeness (QED) is 0.834. The molecule has 1 aliphatic carbocycles. The summed E-state index contributed by atoms with van der Waals surface area (Å²) in [5.74, 6) is -0.754. The minimum Gasteiger partial charge on any atom is -0.341 e. The summed E-state index contributed by atoms with van der Waals surface area (Å²) >= 11 is 0. The lowest BCUT2D eigenvalue weighted by atomic mass is 9.86. The average molecular weight is 395 g/mol. The van der Waals surface area contributed by atoms with E-state index in [9.17, 15) is 18.0 Å². The van der Waals surface area contributed by atoms with E-state index >= 15 is 0 Å². The molecule has 1 saturated carbocycles. The maximum absolute atomic E-state index is 14.1. The molecule has 10 heteroatoms. The van der Waals surface area contributed by atoms with E-state index in [4.69, 9.17) is 10.3 Å². The number of carbonyl (C=O) groups excluding carboxylic acids is 1. The number of nitrogens with zero attached hydrogens (tertiary/aromatic N) is 4. The largest absolute Gasteiger partial charge is 0.405 e. The lowest BCUT2D eigenvalue weighted by Crippen LogP contribution is -2.46. The number of aromatic nitrogens is 3. The Kier molecular flexibility index (Phi) is 4.40. The maximum Gasteiger partial charge on any atom is 0.405 e. The minimum absolute atomic E-state index is 0.00797. The number of carbonyl (C=O) groups is 1. The highest BCUT2D eigenvalue weighted by atomic mass is 19.4. The van der Waals surface area contributed by atoms with Crippen LogP contribution >= 0.6 is 0 Å². The Balaban J connectivity index is 1.59. The summed E-state index contributed by atoms with van der Waals surface area (Å²) in [6.07, 6.45) is -0.0917. The smallest absolute Gasteiger partial charge is 0.341 e. The fraction of sp³-hybridized carbons (Fsp3) is 0.556. The van der Waals surface area contributed by atoms with Gasteiger partial charge in [0.05, 0.1) is 0 Å². The SMILES string of the molecule is NCC1(CC(=O)N2CCC(c3nc(-c4ccncc4)no3)(C(F)(F)F)C2)CC1. The molecule has 1 unspecified atom stereocenters. The Labute approximate surface area is 159 Å². The first-order chi connectivity index (χ1) is 13.3. The lowest BCUT2D eigenvalue weighted by molar-refractivity contribution is -0.193. The van der Waals surface area contributed by atoms with Crippen molar-refractivity contribution in [2.24, 2.45) is 11.1 Å². The van der Waals surface area contributed by atoms with Crippen LogP contribution in [0.4, 0.5) is 13.2 Å². The van der Waals surface area contributed by atoms with E-state index in [1.54, 1.807) is 12.1 Å². The van der Waals surface area contributed by atoms with Gasteiger partial charge in [-0.15, -0.1) is 0 Å². The zero-order valence-electron chi connectivity index (χ0n) is 15.1. The summed E-state index contributed by atoms with van der Waals surface area (Å²) in [6, 6.07) is 3.17. The van der Waals surface area contributed by atoms with E-state index in [-0.39, 0.29) is 36.5 Å². The van der Waals surface area contributed by atoms with Crippen LogP contribution in [-0.2, 0) is 10.2 Å². The molecule has 2 aliphatic rings. The van der Waals surface area contributed by atoms with Gasteiger partial charge in [0, 0.05) is 37.5 Å². The molecule has 2 aromatic rings. The second-order valence-corrected chi connectivity index (χ2v) is 7.69. The molecule has 3 heterocycles. The molecule has 0 bridgehead atoms. The van der Waals surface area contributed by atoms with Crippen LogP contribution in [0.1, 0.15) is 31.6 Å². The number of hydrogen-bond donors (Lipinski definition) is 1. The Bertz CT molecular complexity index is 866. The first kappa shape index (κ1) is 18.9. The topological polar surface area (TPSA) is 98.1 Å². The minimum atomic E-state index is -4.63. The van der Waals surface area contributed by atoms with Crippen molar-refractivity contribution in [1.82, 2.24) is 20.0 Å². The van der Waals surface area contributed by atoms with Gasteiger partial charge in [0.1, 0.15) is 0 Å². The van der Waals surface area contributed by atoms with Crippen LogP contribution in [0, 0.1) is 5.41 Å². The van der Waals surface area contributed by atoms with Crippen molar-refractivity contribution in [3.8, 4) is 11.4 Å². The van der Waals surface area contributed by atoms with Crippen molar-refractivity contribution in [3.05, 3.63) is 30.4 Å². The van der Waals surface area contributed by atoms with Crippen LogP contribution in [0.15, 0.2) is 29.0 Å². The van der Waals surface area contributed by atoms with Gasteiger partial charge in [0.25, 0.3) is 0 Å². The monoisotopic (exact) mass is 395 g/mol. The molecule has 2 fully saturated rings. The molecule has 0 aromatic carbocycles. The molecule has 0 radical (unpaired) electrons. The van der Waals surface area contributed by atoms with Gasteiger partial charge in [0.2, 0.25) is 17.6 Å². The lowest BCUT2D eigenvalue weighted by Gasteiger charge is -2.28. The van der Waals surface area contributed by atoms with E-state index in [1.165, 1.54) is 17.3 Å². The van der Waals surface area contributed by atoms with Crippen LogP contribution in [0.3, 0.4) is 0 Å². The van der Waals surface area contributed by atoms with Crippen molar-refractivity contribution in [1.29, 1.82) is 0 Å². The van der Waals surface area contributed by atoms with Crippen LogP contribution in [0.25, 0.3) is 11.4 Å². The molecule has 1 saturated heterocycles.